The van der Waals surface area contributed by atoms with Crippen molar-refractivity contribution >= 4 is 45.8 Å². The van der Waals surface area contributed by atoms with Gasteiger partial charge in [0.2, 0.25) is 0 Å². The molecule has 0 saturated heterocycles. The molecule has 5 rings (SSSR count). The Hall–Kier alpha value is -3.90. The van der Waals surface area contributed by atoms with Crippen LogP contribution in [-0.4, -0.2) is 0 Å². The Balaban J connectivity index is 1.47. The molecule has 0 aliphatic carbocycles. The van der Waals surface area contributed by atoms with Gasteiger partial charge in [0.15, 0.2) is 0 Å². The van der Waals surface area contributed by atoms with Crippen molar-refractivity contribution in [3.05, 3.63) is 130 Å². The molecule has 202 valence electrons. The number of aryl methyl sites for hydroxylation is 2. The average molecular weight is 523 g/mol. The van der Waals surface area contributed by atoms with E-state index in [0.717, 1.165) is 0 Å². The number of hydrogen-bond acceptors (Lipinski definition) is 0. The van der Waals surface area contributed by atoms with E-state index >= 15 is 0 Å². The van der Waals surface area contributed by atoms with Crippen molar-refractivity contribution in [3.8, 4) is 0 Å². The van der Waals surface area contributed by atoms with E-state index in [1.165, 1.54) is 106 Å². The summed E-state index contributed by atoms with van der Waals surface area (Å²) in [5.74, 6) is 0. The van der Waals surface area contributed by atoms with Gasteiger partial charge in [-0.15, -0.1) is 0 Å². The Morgan fingerprint density at radius 3 is 1.07 bits per heavy atom. The van der Waals surface area contributed by atoms with E-state index in [4.69, 9.17) is 0 Å². The molecule has 0 aliphatic rings. The van der Waals surface area contributed by atoms with Gasteiger partial charge in [-0.05, 0) is 80.6 Å². The second-order valence-electron chi connectivity index (χ2n) is 11.0. The molecule has 0 radical (unpaired) electrons. The number of fused-ring (bicyclic) bond motifs is 2. The lowest BCUT2D eigenvalue weighted by atomic mass is 9.90. The van der Waals surface area contributed by atoms with Crippen LogP contribution in [-0.2, 0) is 12.8 Å². The highest BCUT2D eigenvalue weighted by molar-refractivity contribution is 6.14. The van der Waals surface area contributed by atoms with Crippen molar-refractivity contribution in [1.82, 2.24) is 0 Å². The van der Waals surface area contributed by atoms with Crippen LogP contribution in [0.3, 0.4) is 0 Å². The summed E-state index contributed by atoms with van der Waals surface area (Å²) in [6.45, 7) is 4.52. The maximum atomic E-state index is 2.31. The van der Waals surface area contributed by atoms with Crippen LogP contribution in [0.15, 0.2) is 97.1 Å². The van der Waals surface area contributed by atoms with Crippen LogP contribution in [0.2, 0.25) is 0 Å². The molecule has 40 heavy (non-hydrogen) atoms. The van der Waals surface area contributed by atoms with Crippen molar-refractivity contribution < 1.29 is 0 Å². The zero-order valence-electron chi connectivity index (χ0n) is 24.2. The lowest BCUT2D eigenvalue weighted by Gasteiger charge is -2.13. The van der Waals surface area contributed by atoms with Crippen molar-refractivity contribution in [2.45, 2.75) is 65.2 Å². The number of benzene rings is 5. The Kier molecular flexibility index (Phi) is 9.64. The van der Waals surface area contributed by atoms with Crippen molar-refractivity contribution in [3.63, 3.8) is 0 Å². The molecule has 0 aromatic heterocycles. The highest BCUT2D eigenvalue weighted by atomic mass is 14.1. The minimum absolute atomic E-state index is 1.17. The van der Waals surface area contributed by atoms with E-state index in [0.29, 0.717) is 0 Å². The molecule has 5 aromatic rings. The van der Waals surface area contributed by atoms with Crippen LogP contribution in [0.4, 0.5) is 0 Å². The minimum atomic E-state index is 1.17. The molecular weight excluding hydrogens is 480 g/mol. The van der Waals surface area contributed by atoms with E-state index < -0.39 is 0 Å². The van der Waals surface area contributed by atoms with Gasteiger partial charge < -0.3 is 0 Å². The predicted octanol–water partition coefficient (Wildman–Crippen LogP) is 11.8. The van der Waals surface area contributed by atoms with Crippen LogP contribution in [0, 0.1) is 0 Å². The van der Waals surface area contributed by atoms with Gasteiger partial charge in [0, 0.05) is 0 Å². The van der Waals surface area contributed by atoms with Gasteiger partial charge in [0.05, 0.1) is 0 Å². The van der Waals surface area contributed by atoms with Crippen LogP contribution in [0.5, 0.6) is 0 Å². The monoisotopic (exact) mass is 522 g/mol. The topological polar surface area (TPSA) is 0 Å². The first-order valence-electron chi connectivity index (χ1n) is 15.2. The summed E-state index contributed by atoms with van der Waals surface area (Å²) in [6.07, 6.45) is 19.2. The van der Waals surface area contributed by atoms with E-state index in [2.05, 4.69) is 135 Å². The molecule has 0 heteroatoms. The molecule has 0 fully saturated rings. The van der Waals surface area contributed by atoms with Crippen LogP contribution < -0.4 is 0 Å². The summed E-state index contributed by atoms with van der Waals surface area (Å²) < 4.78 is 0. The van der Waals surface area contributed by atoms with Crippen molar-refractivity contribution in [2.75, 3.05) is 0 Å². The molecule has 0 atom stereocenters. The average Bonchev–Trinajstić information content (AvgIpc) is 3.00. The molecule has 5 aromatic carbocycles. The zero-order chi connectivity index (χ0) is 27.6. The number of hydrogen-bond donors (Lipinski definition) is 0. The largest absolute Gasteiger partial charge is 0.0654 e. The first kappa shape index (κ1) is 27.7. The van der Waals surface area contributed by atoms with E-state index in [1.807, 2.05) is 0 Å². The summed E-state index contributed by atoms with van der Waals surface area (Å²) in [7, 11) is 0. The molecule has 0 spiro atoms. The molecular formula is C40H42. The van der Waals surface area contributed by atoms with Crippen molar-refractivity contribution in [1.29, 1.82) is 0 Å². The van der Waals surface area contributed by atoms with Gasteiger partial charge in [-0.2, -0.15) is 0 Å². The first-order valence-corrected chi connectivity index (χ1v) is 15.2. The summed E-state index contributed by atoms with van der Waals surface area (Å²) >= 11 is 0. The number of unbranched alkanes of at least 4 members (excludes halogenated alkanes) is 4. The van der Waals surface area contributed by atoms with Gasteiger partial charge in [-0.25, -0.2) is 0 Å². The van der Waals surface area contributed by atoms with E-state index in [-0.39, 0.29) is 0 Å². The molecule has 0 aliphatic heterocycles. The first-order chi connectivity index (χ1) is 19.8. The summed E-state index contributed by atoms with van der Waals surface area (Å²) in [6, 6.07) is 35.9. The van der Waals surface area contributed by atoms with E-state index in [9.17, 15) is 0 Å². The Morgan fingerprint density at radius 1 is 0.400 bits per heavy atom. The summed E-state index contributed by atoms with van der Waals surface area (Å²) in [5, 5.41) is 5.17. The van der Waals surface area contributed by atoms with Gasteiger partial charge >= 0.3 is 0 Å². The quantitative estimate of drug-likeness (QED) is 0.0868. The Morgan fingerprint density at radius 2 is 0.750 bits per heavy atom. The molecule has 0 heterocycles. The fourth-order valence-electron chi connectivity index (χ4n) is 5.66. The fraction of sp³-hybridized carbons (Fsp3) is 0.250. The third-order valence-corrected chi connectivity index (χ3v) is 8.00. The SMILES string of the molecule is CCCCCc1ccc(/C=C/c2c3ccccc3c(/C=C/c3ccc(CCCCC)cc3)c3ccccc23)cc1. The maximum Gasteiger partial charge on any atom is -0.00987 e. The van der Waals surface area contributed by atoms with Gasteiger partial charge in [0.25, 0.3) is 0 Å². The molecule has 0 N–H and O–H groups in total. The highest BCUT2D eigenvalue weighted by Crippen LogP contribution is 2.35. The summed E-state index contributed by atoms with van der Waals surface area (Å²) in [4.78, 5) is 0. The molecule has 0 amide bonds. The Bertz CT molecular complexity index is 1400. The fourth-order valence-corrected chi connectivity index (χ4v) is 5.66. The second-order valence-corrected chi connectivity index (χ2v) is 11.0. The molecule has 0 saturated carbocycles. The predicted molar refractivity (Wildman–Crippen MR) is 179 cm³/mol. The van der Waals surface area contributed by atoms with Gasteiger partial charge in [-0.1, -0.05) is 161 Å². The maximum absolute atomic E-state index is 2.31. The lowest BCUT2D eigenvalue weighted by Crippen LogP contribution is -1.89. The van der Waals surface area contributed by atoms with Gasteiger partial charge in [-0.3, -0.25) is 0 Å². The standard InChI is InChI=1S/C40H42/c1-3-5-7-13-31-19-23-33(24-20-31)27-29-39-35-15-9-11-17-37(35)40(38-18-12-10-16-36(38)39)30-28-34-25-21-32(22-26-34)14-8-6-4-2/h9-12,15-30H,3-8,13-14H2,1-2H3/b29-27+,30-28+. The third kappa shape index (κ3) is 6.80. The Labute approximate surface area is 241 Å². The smallest absolute Gasteiger partial charge is 0.00987 e. The lowest BCUT2D eigenvalue weighted by molar-refractivity contribution is 0.717. The highest BCUT2D eigenvalue weighted by Gasteiger charge is 2.10. The van der Waals surface area contributed by atoms with Crippen LogP contribution in [0.1, 0.15) is 85.8 Å². The molecule has 0 nitrogen and oxygen atoms in total. The summed E-state index contributed by atoms with van der Waals surface area (Å²) in [5.41, 5.74) is 7.93. The minimum Gasteiger partial charge on any atom is -0.0654 e. The second kappa shape index (κ2) is 13.9. The van der Waals surface area contributed by atoms with E-state index in [1.54, 1.807) is 0 Å². The van der Waals surface area contributed by atoms with Gasteiger partial charge in [0.1, 0.15) is 0 Å². The molecule has 0 bridgehead atoms. The zero-order valence-corrected chi connectivity index (χ0v) is 24.2. The number of rotatable bonds is 12. The third-order valence-electron chi connectivity index (χ3n) is 8.00. The normalized spacial score (nSPS) is 11.8. The van der Waals surface area contributed by atoms with Crippen molar-refractivity contribution in [2.24, 2.45) is 0 Å². The molecule has 0 unspecified atom stereocenters. The van der Waals surface area contributed by atoms with Crippen LogP contribution >= 0.6 is 0 Å². The van der Waals surface area contributed by atoms with Crippen LogP contribution in [0.25, 0.3) is 45.8 Å².